The number of thiocarbonyl (C=S) groups is 1. The first-order chi connectivity index (χ1) is 10.0. The zero-order chi connectivity index (χ0) is 15.7. The summed E-state index contributed by atoms with van der Waals surface area (Å²) in [6.07, 6.45) is 1.90. The molecule has 0 spiro atoms. The van der Waals surface area contributed by atoms with Crippen molar-refractivity contribution in [3.8, 4) is 0 Å². The highest BCUT2D eigenvalue weighted by Gasteiger charge is 2.07. The molecule has 0 atom stereocenters. The van der Waals surface area contributed by atoms with Crippen LogP contribution < -0.4 is 10.6 Å². The van der Waals surface area contributed by atoms with Gasteiger partial charge in [0.25, 0.3) is 0 Å². The van der Waals surface area contributed by atoms with Crippen molar-refractivity contribution in [3.63, 3.8) is 0 Å². The van der Waals surface area contributed by atoms with E-state index in [2.05, 4.69) is 31.4 Å². The molecule has 2 N–H and O–H groups in total. The smallest absolute Gasteiger partial charge is 0.338 e. The van der Waals surface area contributed by atoms with Gasteiger partial charge in [-0.15, -0.1) is 0 Å². The minimum atomic E-state index is -0.282. The molecule has 0 aliphatic carbocycles. The zero-order valence-corrected chi connectivity index (χ0v) is 13.8. The summed E-state index contributed by atoms with van der Waals surface area (Å²) in [5, 5.41) is 6.80. The predicted molar refractivity (Wildman–Crippen MR) is 90.7 cm³/mol. The molecule has 0 unspecified atom stereocenters. The Bertz CT molecular complexity index is 458. The molecule has 0 bridgehead atoms. The lowest BCUT2D eigenvalue weighted by molar-refractivity contribution is 0.0500. The molecular weight excluding hydrogens is 284 g/mol. The molecule has 0 radical (unpaired) electrons. The van der Waals surface area contributed by atoms with Gasteiger partial charge < -0.3 is 15.4 Å². The topological polar surface area (TPSA) is 50.4 Å². The average Bonchev–Trinajstić information content (AvgIpc) is 2.46. The van der Waals surface area contributed by atoms with E-state index in [0.29, 0.717) is 23.2 Å². The summed E-state index contributed by atoms with van der Waals surface area (Å²) < 4.78 is 5.16. The second-order valence-electron chi connectivity index (χ2n) is 5.30. The number of nitrogens with one attached hydrogen (secondary N) is 2. The lowest BCUT2D eigenvalue weighted by atomic mass is 10.2. The summed E-state index contributed by atoms with van der Waals surface area (Å²) >= 11 is 5.20. The first-order valence-electron chi connectivity index (χ1n) is 7.35. The Labute approximate surface area is 132 Å². The summed E-state index contributed by atoms with van der Waals surface area (Å²) in [5.41, 5.74) is 1.40. The zero-order valence-electron chi connectivity index (χ0n) is 12.9. The number of carbonyl (C=O) groups is 1. The van der Waals surface area contributed by atoms with Gasteiger partial charge >= 0.3 is 5.97 Å². The second kappa shape index (κ2) is 9.34. The van der Waals surface area contributed by atoms with Crippen LogP contribution in [0.4, 0.5) is 5.69 Å². The third-order valence-corrected chi connectivity index (χ3v) is 3.03. The molecule has 116 valence electrons. The summed E-state index contributed by atoms with van der Waals surface area (Å²) in [6.45, 7) is 7.60. The van der Waals surface area contributed by atoms with Crippen LogP contribution in [-0.4, -0.2) is 24.2 Å². The molecule has 21 heavy (non-hydrogen) atoms. The van der Waals surface area contributed by atoms with E-state index in [4.69, 9.17) is 17.0 Å². The van der Waals surface area contributed by atoms with Crippen molar-refractivity contribution in [1.82, 2.24) is 5.32 Å². The minimum absolute atomic E-state index is 0.282. The Morgan fingerprint density at radius 2 is 1.95 bits per heavy atom. The molecule has 1 aromatic rings. The van der Waals surface area contributed by atoms with E-state index in [1.807, 2.05) is 12.1 Å². The van der Waals surface area contributed by atoms with E-state index in [1.54, 1.807) is 12.1 Å². The Kier molecular flexibility index (Phi) is 7.75. The molecular formula is C16H24N2O2S. The van der Waals surface area contributed by atoms with Gasteiger partial charge in [-0.05, 0) is 48.8 Å². The number of rotatable bonds is 7. The first-order valence-corrected chi connectivity index (χ1v) is 7.75. The summed E-state index contributed by atoms with van der Waals surface area (Å²) in [5.74, 6) is 0.250. The molecule has 0 heterocycles. The lowest BCUT2D eigenvalue weighted by Gasteiger charge is -2.12. The Morgan fingerprint density at radius 3 is 2.52 bits per heavy atom. The van der Waals surface area contributed by atoms with Crippen molar-refractivity contribution in [2.45, 2.75) is 33.6 Å². The van der Waals surface area contributed by atoms with Crippen LogP contribution in [0.25, 0.3) is 0 Å². The molecule has 0 amide bonds. The van der Waals surface area contributed by atoms with Crippen molar-refractivity contribution in [3.05, 3.63) is 29.8 Å². The largest absolute Gasteiger partial charge is 0.462 e. The van der Waals surface area contributed by atoms with Gasteiger partial charge in [0.15, 0.2) is 5.11 Å². The van der Waals surface area contributed by atoms with Crippen LogP contribution in [0.15, 0.2) is 24.3 Å². The van der Waals surface area contributed by atoms with E-state index >= 15 is 0 Å². The normalized spacial score (nSPS) is 10.3. The maximum Gasteiger partial charge on any atom is 0.338 e. The maximum absolute atomic E-state index is 11.7. The van der Waals surface area contributed by atoms with Crippen molar-refractivity contribution >= 4 is 29.0 Å². The number of benzene rings is 1. The number of ether oxygens (including phenoxy) is 1. The standard InChI is InChI=1S/C16H24N2O2S/c1-4-5-10-20-15(19)13-6-8-14(9-7-13)18-16(21)17-11-12(2)3/h6-9,12H,4-5,10-11H2,1-3H3,(H2,17,18,21). The van der Waals surface area contributed by atoms with Crippen molar-refractivity contribution in [2.24, 2.45) is 5.92 Å². The van der Waals surface area contributed by atoms with Crippen LogP contribution >= 0.6 is 12.2 Å². The van der Waals surface area contributed by atoms with Gasteiger partial charge in [0.1, 0.15) is 0 Å². The van der Waals surface area contributed by atoms with Crippen LogP contribution in [0.2, 0.25) is 0 Å². The monoisotopic (exact) mass is 308 g/mol. The molecule has 0 aromatic heterocycles. The van der Waals surface area contributed by atoms with Crippen molar-refractivity contribution in [1.29, 1.82) is 0 Å². The SMILES string of the molecule is CCCCOC(=O)c1ccc(NC(=S)NCC(C)C)cc1. The molecule has 4 nitrogen and oxygen atoms in total. The van der Waals surface area contributed by atoms with Crippen LogP contribution in [0.5, 0.6) is 0 Å². The molecule has 1 rings (SSSR count). The highest BCUT2D eigenvalue weighted by molar-refractivity contribution is 7.80. The quantitative estimate of drug-likeness (QED) is 0.458. The van der Waals surface area contributed by atoms with Gasteiger partial charge in [-0.1, -0.05) is 27.2 Å². The van der Waals surface area contributed by atoms with Crippen LogP contribution in [-0.2, 0) is 4.74 Å². The molecule has 0 aliphatic heterocycles. The Morgan fingerprint density at radius 1 is 1.29 bits per heavy atom. The number of esters is 1. The maximum atomic E-state index is 11.7. The van der Waals surface area contributed by atoms with Crippen molar-refractivity contribution < 1.29 is 9.53 Å². The Hall–Kier alpha value is -1.62. The summed E-state index contributed by atoms with van der Waals surface area (Å²) in [7, 11) is 0. The highest BCUT2D eigenvalue weighted by atomic mass is 32.1. The summed E-state index contributed by atoms with van der Waals surface area (Å²) in [4.78, 5) is 11.7. The van der Waals surface area contributed by atoms with Gasteiger partial charge in [-0.2, -0.15) is 0 Å². The molecule has 0 fully saturated rings. The third kappa shape index (κ3) is 7.09. The molecule has 0 saturated heterocycles. The molecule has 0 saturated carbocycles. The lowest BCUT2D eigenvalue weighted by Crippen LogP contribution is -2.31. The number of carbonyl (C=O) groups excluding carboxylic acids is 1. The molecule has 0 aliphatic rings. The number of hydrogen-bond acceptors (Lipinski definition) is 3. The fourth-order valence-electron chi connectivity index (χ4n) is 1.55. The first kappa shape index (κ1) is 17.4. The third-order valence-electron chi connectivity index (χ3n) is 2.78. The number of hydrogen-bond donors (Lipinski definition) is 2. The van der Waals surface area contributed by atoms with Crippen LogP contribution in [0.1, 0.15) is 44.0 Å². The van der Waals surface area contributed by atoms with E-state index in [9.17, 15) is 4.79 Å². The van der Waals surface area contributed by atoms with Gasteiger partial charge in [0, 0.05) is 12.2 Å². The summed E-state index contributed by atoms with van der Waals surface area (Å²) in [6, 6.07) is 7.11. The van der Waals surface area contributed by atoms with Crippen molar-refractivity contribution in [2.75, 3.05) is 18.5 Å². The van der Waals surface area contributed by atoms with Gasteiger partial charge in [-0.3, -0.25) is 0 Å². The fraction of sp³-hybridized carbons (Fsp3) is 0.500. The second-order valence-corrected chi connectivity index (χ2v) is 5.70. The van der Waals surface area contributed by atoms with E-state index in [-0.39, 0.29) is 5.97 Å². The Balaban J connectivity index is 2.46. The van der Waals surface area contributed by atoms with E-state index in [1.165, 1.54) is 0 Å². The minimum Gasteiger partial charge on any atom is -0.462 e. The van der Waals surface area contributed by atoms with Gasteiger partial charge in [0.05, 0.1) is 12.2 Å². The average molecular weight is 308 g/mol. The van der Waals surface area contributed by atoms with Crippen LogP contribution in [0.3, 0.4) is 0 Å². The number of anilines is 1. The number of unbranched alkanes of at least 4 members (excludes halogenated alkanes) is 1. The van der Waals surface area contributed by atoms with E-state index < -0.39 is 0 Å². The van der Waals surface area contributed by atoms with Gasteiger partial charge in [0.2, 0.25) is 0 Å². The van der Waals surface area contributed by atoms with Crippen LogP contribution in [0, 0.1) is 5.92 Å². The highest BCUT2D eigenvalue weighted by Crippen LogP contribution is 2.11. The van der Waals surface area contributed by atoms with Gasteiger partial charge in [-0.25, -0.2) is 4.79 Å². The molecule has 1 aromatic carbocycles. The fourth-order valence-corrected chi connectivity index (χ4v) is 1.76. The van der Waals surface area contributed by atoms with E-state index in [0.717, 1.165) is 25.1 Å². The predicted octanol–water partition coefficient (Wildman–Crippen LogP) is 3.59. The molecule has 5 heteroatoms.